The fourth-order valence-electron chi connectivity index (χ4n) is 1.51. The lowest BCUT2D eigenvalue weighted by Crippen LogP contribution is -2.15. The van der Waals surface area contributed by atoms with E-state index in [9.17, 15) is 9.59 Å². The second-order valence-electron chi connectivity index (χ2n) is 4.09. The van der Waals surface area contributed by atoms with Crippen LogP contribution in [0.15, 0.2) is 34.0 Å². The van der Waals surface area contributed by atoms with Gasteiger partial charge in [0.15, 0.2) is 0 Å². The van der Waals surface area contributed by atoms with E-state index in [-0.39, 0.29) is 17.0 Å². The molecule has 2 aromatic heterocycles. The summed E-state index contributed by atoms with van der Waals surface area (Å²) < 4.78 is 0. The molecule has 88 valence electrons. The monoisotopic (exact) mass is 231 g/mol. The van der Waals surface area contributed by atoms with Gasteiger partial charge in [0.25, 0.3) is 11.1 Å². The van der Waals surface area contributed by atoms with Crippen molar-refractivity contribution in [3.8, 4) is 11.4 Å². The van der Waals surface area contributed by atoms with Crippen molar-refractivity contribution < 1.29 is 0 Å². The highest BCUT2D eigenvalue weighted by atomic mass is 16.1. The maximum absolute atomic E-state index is 11.6. The number of hydrogen-bond donors (Lipinski definition) is 2. The first-order chi connectivity index (χ1) is 8.08. The number of H-pyrrole nitrogens is 2. The molecule has 0 aliphatic heterocycles. The van der Waals surface area contributed by atoms with E-state index in [2.05, 4.69) is 15.0 Å². The summed E-state index contributed by atoms with van der Waals surface area (Å²) in [7, 11) is 0. The molecule has 0 unspecified atom stereocenters. The van der Waals surface area contributed by atoms with Gasteiger partial charge in [0.1, 0.15) is 5.82 Å². The Hall–Kier alpha value is -2.17. The van der Waals surface area contributed by atoms with Gasteiger partial charge >= 0.3 is 0 Å². The lowest BCUT2D eigenvalue weighted by Gasteiger charge is -2.05. The number of aromatic nitrogens is 3. The van der Waals surface area contributed by atoms with Crippen molar-refractivity contribution in [2.75, 3.05) is 0 Å². The quantitative estimate of drug-likeness (QED) is 0.816. The minimum absolute atomic E-state index is 0.138. The van der Waals surface area contributed by atoms with Crippen LogP contribution in [0.1, 0.15) is 25.5 Å². The van der Waals surface area contributed by atoms with Crippen LogP contribution in [0.3, 0.4) is 0 Å². The largest absolute Gasteiger partial charge is 0.328 e. The average molecular weight is 231 g/mol. The Kier molecular flexibility index (Phi) is 2.91. The van der Waals surface area contributed by atoms with Gasteiger partial charge in [-0.15, -0.1) is 0 Å². The highest BCUT2D eigenvalue weighted by Crippen LogP contribution is 2.12. The summed E-state index contributed by atoms with van der Waals surface area (Å²) in [6.07, 6.45) is 1.54. The van der Waals surface area contributed by atoms with E-state index in [0.29, 0.717) is 17.1 Å². The topological polar surface area (TPSA) is 78.6 Å². The van der Waals surface area contributed by atoms with Crippen molar-refractivity contribution in [1.29, 1.82) is 0 Å². The maximum atomic E-state index is 11.6. The second-order valence-corrected chi connectivity index (χ2v) is 4.09. The van der Waals surface area contributed by atoms with Gasteiger partial charge < -0.3 is 9.97 Å². The van der Waals surface area contributed by atoms with Gasteiger partial charge in [0.2, 0.25) is 0 Å². The Labute approximate surface area is 97.6 Å². The summed E-state index contributed by atoms with van der Waals surface area (Å²) in [5, 5.41) is 0. The number of nitrogens with zero attached hydrogens (tertiary/aromatic N) is 1. The molecular formula is C12H13N3O2. The van der Waals surface area contributed by atoms with Crippen LogP contribution in [0.5, 0.6) is 0 Å². The summed E-state index contributed by atoms with van der Waals surface area (Å²) in [6.45, 7) is 3.89. The van der Waals surface area contributed by atoms with Crippen LogP contribution < -0.4 is 11.1 Å². The molecule has 0 aliphatic carbocycles. The molecule has 5 heteroatoms. The van der Waals surface area contributed by atoms with Gasteiger partial charge in [-0.05, 0) is 18.1 Å². The van der Waals surface area contributed by atoms with E-state index in [1.54, 1.807) is 12.1 Å². The van der Waals surface area contributed by atoms with Crippen LogP contribution in [-0.4, -0.2) is 15.0 Å². The van der Waals surface area contributed by atoms with Crippen molar-refractivity contribution in [3.63, 3.8) is 0 Å². The first kappa shape index (κ1) is 11.3. The maximum Gasteiger partial charge on any atom is 0.258 e. The smallest absolute Gasteiger partial charge is 0.258 e. The number of nitrogens with one attached hydrogen (secondary N) is 2. The molecular weight excluding hydrogens is 218 g/mol. The zero-order valence-corrected chi connectivity index (χ0v) is 9.65. The lowest BCUT2D eigenvalue weighted by molar-refractivity contribution is 0.811. The van der Waals surface area contributed by atoms with Crippen LogP contribution in [0.4, 0.5) is 0 Å². The van der Waals surface area contributed by atoms with Gasteiger partial charge in [0.05, 0.1) is 11.3 Å². The highest BCUT2D eigenvalue weighted by molar-refractivity contribution is 5.52. The Morgan fingerprint density at radius 1 is 1.29 bits per heavy atom. The Balaban J connectivity index is 2.65. The normalized spacial score (nSPS) is 10.8. The predicted octanol–water partition coefficient (Wildman–Crippen LogP) is 1.25. The first-order valence-electron chi connectivity index (χ1n) is 5.37. The summed E-state index contributed by atoms with van der Waals surface area (Å²) in [5.41, 5.74) is 0.526. The minimum Gasteiger partial charge on any atom is -0.328 e. The van der Waals surface area contributed by atoms with E-state index in [0.717, 1.165) is 0 Å². The number of aromatic amines is 2. The van der Waals surface area contributed by atoms with Gasteiger partial charge in [-0.3, -0.25) is 9.59 Å². The Morgan fingerprint density at radius 3 is 2.71 bits per heavy atom. The first-order valence-corrected chi connectivity index (χ1v) is 5.37. The third kappa shape index (κ3) is 2.33. The van der Waals surface area contributed by atoms with Gasteiger partial charge in [-0.1, -0.05) is 13.8 Å². The third-order valence-electron chi connectivity index (χ3n) is 2.43. The third-order valence-corrected chi connectivity index (χ3v) is 2.43. The molecule has 2 rings (SSSR count). The molecule has 2 heterocycles. The number of pyridine rings is 1. The molecule has 2 aromatic rings. The van der Waals surface area contributed by atoms with E-state index in [1.807, 2.05) is 13.8 Å². The molecule has 0 bridgehead atoms. The van der Waals surface area contributed by atoms with Crippen molar-refractivity contribution in [1.82, 2.24) is 15.0 Å². The summed E-state index contributed by atoms with van der Waals surface area (Å²) in [6, 6.07) is 4.77. The summed E-state index contributed by atoms with van der Waals surface area (Å²) >= 11 is 0. The number of hydrogen-bond acceptors (Lipinski definition) is 3. The molecule has 0 fully saturated rings. The van der Waals surface area contributed by atoms with Gasteiger partial charge in [-0.2, -0.15) is 0 Å². The van der Waals surface area contributed by atoms with Crippen molar-refractivity contribution in [2.45, 2.75) is 19.8 Å². The molecule has 17 heavy (non-hydrogen) atoms. The minimum atomic E-state index is -0.267. The van der Waals surface area contributed by atoms with E-state index < -0.39 is 0 Å². The Bertz CT molecular complexity index is 640. The summed E-state index contributed by atoms with van der Waals surface area (Å²) in [5.74, 6) is 0.446. The molecule has 0 amide bonds. The molecule has 0 atom stereocenters. The van der Waals surface area contributed by atoms with E-state index >= 15 is 0 Å². The fourth-order valence-corrected chi connectivity index (χ4v) is 1.51. The van der Waals surface area contributed by atoms with Crippen LogP contribution in [0, 0.1) is 0 Å². The standard InChI is InChI=1S/C12H13N3O2/c1-7(2)9-6-10(16)15-11(14-9)8-4-3-5-13-12(8)17/h3-7H,1-2H3,(H,13,17)(H,14,15,16). The van der Waals surface area contributed by atoms with Crippen LogP contribution >= 0.6 is 0 Å². The van der Waals surface area contributed by atoms with Gasteiger partial charge in [0, 0.05) is 12.3 Å². The van der Waals surface area contributed by atoms with Crippen LogP contribution in [0.2, 0.25) is 0 Å². The molecule has 0 radical (unpaired) electrons. The van der Waals surface area contributed by atoms with Crippen LogP contribution in [0.25, 0.3) is 11.4 Å². The Morgan fingerprint density at radius 2 is 2.06 bits per heavy atom. The molecule has 2 N–H and O–H groups in total. The van der Waals surface area contributed by atoms with Crippen molar-refractivity contribution in [2.24, 2.45) is 0 Å². The van der Waals surface area contributed by atoms with E-state index in [4.69, 9.17) is 0 Å². The molecule has 0 spiro atoms. The van der Waals surface area contributed by atoms with Gasteiger partial charge in [-0.25, -0.2) is 4.98 Å². The summed E-state index contributed by atoms with van der Waals surface area (Å²) in [4.78, 5) is 32.5. The average Bonchev–Trinajstić information content (AvgIpc) is 2.28. The molecule has 0 saturated heterocycles. The number of rotatable bonds is 2. The van der Waals surface area contributed by atoms with Crippen LogP contribution in [-0.2, 0) is 0 Å². The molecule has 5 nitrogen and oxygen atoms in total. The predicted molar refractivity (Wildman–Crippen MR) is 65.0 cm³/mol. The highest BCUT2D eigenvalue weighted by Gasteiger charge is 2.09. The molecule has 0 aliphatic rings. The lowest BCUT2D eigenvalue weighted by atomic mass is 10.1. The van der Waals surface area contributed by atoms with Crippen molar-refractivity contribution in [3.05, 3.63) is 50.8 Å². The van der Waals surface area contributed by atoms with Crippen molar-refractivity contribution >= 4 is 0 Å². The fraction of sp³-hybridized carbons (Fsp3) is 0.250. The SMILES string of the molecule is CC(C)c1cc(=O)[nH]c(-c2ccc[nH]c2=O)n1. The van der Waals surface area contributed by atoms with E-state index in [1.165, 1.54) is 12.3 Å². The zero-order chi connectivity index (χ0) is 12.4. The zero-order valence-electron chi connectivity index (χ0n) is 9.65. The second kappa shape index (κ2) is 4.37. The molecule has 0 saturated carbocycles. The molecule has 0 aromatic carbocycles.